The molecular formula is C11H10BrClN4O. The van der Waals surface area contributed by atoms with Gasteiger partial charge in [0.05, 0.1) is 0 Å². The van der Waals surface area contributed by atoms with Crippen molar-refractivity contribution in [3.8, 4) is 11.6 Å². The molecule has 18 heavy (non-hydrogen) atoms. The van der Waals surface area contributed by atoms with Gasteiger partial charge >= 0.3 is 0 Å². The van der Waals surface area contributed by atoms with E-state index in [2.05, 4.69) is 31.3 Å². The highest BCUT2D eigenvalue weighted by molar-refractivity contribution is 9.10. The lowest BCUT2D eigenvalue weighted by molar-refractivity contribution is 0.455. The Labute approximate surface area is 117 Å². The molecule has 94 valence electrons. The summed E-state index contributed by atoms with van der Waals surface area (Å²) in [6.45, 7) is 1.92. The summed E-state index contributed by atoms with van der Waals surface area (Å²) < 4.78 is 6.23. The highest BCUT2D eigenvalue weighted by Gasteiger charge is 2.11. The van der Waals surface area contributed by atoms with Crippen LogP contribution in [0.3, 0.4) is 0 Å². The molecule has 0 fully saturated rings. The smallest absolute Gasteiger partial charge is 0.238 e. The van der Waals surface area contributed by atoms with Crippen LogP contribution < -0.4 is 16.0 Å². The van der Waals surface area contributed by atoms with Gasteiger partial charge in [0.1, 0.15) is 16.5 Å². The molecule has 1 aromatic carbocycles. The Morgan fingerprint density at radius 2 is 2.17 bits per heavy atom. The number of anilines is 1. The number of nitrogens with two attached hydrogens (primary N) is 1. The molecule has 0 saturated carbocycles. The molecule has 0 atom stereocenters. The average Bonchev–Trinajstić information content (AvgIpc) is 2.36. The van der Waals surface area contributed by atoms with Crippen LogP contribution in [-0.2, 0) is 0 Å². The van der Waals surface area contributed by atoms with Crippen LogP contribution in [0.25, 0.3) is 0 Å². The number of hydrogen-bond acceptors (Lipinski definition) is 5. The summed E-state index contributed by atoms with van der Waals surface area (Å²) in [4.78, 5) is 7.97. The monoisotopic (exact) mass is 328 g/mol. The summed E-state index contributed by atoms with van der Waals surface area (Å²) in [6.07, 6.45) is 1.36. The first-order valence-corrected chi connectivity index (χ1v) is 6.20. The van der Waals surface area contributed by atoms with Gasteiger partial charge in [-0.2, -0.15) is 0 Å². The average molecular weight is 330 g/mol. The van der Waals surface area contributed by atoms with Crippen LogP contribution >= 0.6 is 27.5 Å². The molecule has 1 heterocycles. The SMILES string of the molecule is Cc1ccc(Cl)cc1Oc1ncnc(NN)c1Br. The lowest BCUT2D eigenvalue weighted by Gasteiger charge is -2.10. The van der Waals surface area contributed by atoms with E-state index in [0.29, 0.717) is 26.9 Å². The van der Waals surface area contributed by atoms with E-state index < -0.39 is 0 Å². The van der Waals surface area contributed by atoms with E-state index in [0.717, 1.165) is 5.56 Å². The molecule has 0 radical (unpaired) electrons. The minimum absolute atomic E-state index is 0.364. The van der Waals surface area contributed by atoms with Crippen molar-refractivity contribution >= 4 is 33.3 Å². The van der Waals surface area contributed by atoms with Crippen molar-refractivity contribution in [2.24, 2.45) is 5.84 Å². The van der Waals surface area contributed by atoms with Gasteiger partial charge in [-0.3, -0.25) is 0 Å². The highest BCUT2D eigenvalue weighted by Crippen LogP contribution is 2.33. The van der Waals surface area contributed by atoms with Crippen molar-refractivity contribution in [3.05, 3.63) is 39.6 Å². The molecule has 1 aromatic heterocycles. The van der Waals surface area contributed by atoms with Crippen LogP contribution in [0.5, 0.6) is 11.6 Å². The minimum Gasteiger partial charge on any atom is -0.437 e. The summed E-state index contributed by atoms with van der Waals surface area (Å²) in [7, 11) is 0. The van der Waals surface area contributed by atoms with Gasteiger partial charge in [0, 0.05) is 5.02 Å². The molecule has 7 heteroatoms. The molecule has 0 aliphatic carbocycles. The maximum Gasteiger partial charge on any atom is 0.238 e. The summed E-state index contributed by atoms with van der Waals surface area (Å²) in [5.74, 6) is 6.76. The number of aromatic nitrogens is 2. The van der Waals surface area contributed by atoms with E-state index in [1.54, 1.807) is 12.1 Å². The lowest BCUT2D eigenvalue weighted by atomic mass is 10.2. The van der Waals surface area contributed by atoms with Gasteiger partial charge in [-0.1, -0.05) is 17.7 Å². The Balaban J connectivity index is 2.37. The molecule has 3 N–H and O–H groups in total. The standard InChI is InChI=1S/C11H10BrClN4O/c1-6-2-3-7(13)4-8(6)18-11-9(12)10(17-14)15-5-16-11/h2-5H,14H2,1H3,(H,15,16,17). The molecular weight excluding hydrogens is 320 g/mol. The zero-order chi connectivity index (χ0) is 13.1. The predicted molar refractivity (Wildman–Crippen MR) is 73.8 cm³/mol. The fourth-order valence-corrected chi connectivity index (χ4v) is 1.88. The van der Waals surface area contributed by atoms with E-state index in [1.807, 2.05) is 13.0 Å². The van der Waals surface area contributed by atoms with E-state index >= 15 is 0 Å². The Hall–Kier alpha value is -1.37. The van der Waals surface area contributed by atoms with Crippen LogP contribution in [0, 0.1) is 6.92 Å². The van der Waals surface area contributed by atoms with Crippen molar-refractivity contribution in [3.63, 3.8) is 0 Å². The third-order valence-electron chi connectivity index (χ3n) is 2.25. The zero-order valence-electron chi connectivity index (χ0n) is 9.45. The number of nitrogens with zero attached hydrogens (tertiary/aromatic N) is 2. The Bertz CT molecular complexity index is 579. The zero-order valence-corrected chi connectivity index (χ0v) is 11.8. The quantitative estimate of drug-likeness (QED) is 0.668. The molecule has 0 spiro atoms. The number of halogens is 2. The summed E-state index contributed by atoms with van der Waals surface area (Å²) in [5.41, 5.74) is 3.39. The van der Waals surface area contributed by atoms with Gasteiger partial charge in [0.15, 0.2) is 5.82 Å². The number of benzene rings is 1. The normalized spacial score (nSPS) is 10.2. The second kappa shape index (κ2) is 5.51. The van der Waals surface area contributed by atoms with Gasteiger partial charge in [-0.05, 0) is 40.5 Å². The van der Waals surface area contributed by atoms with Crippen LogP contribution in [0.2, 0.25) is 5.02 Å². The molecule has 0 unspecified atom stereocenters. The second-order valence-corrected chi connectivity index (χ2v) is 4.73. The second-order valence-electron chi connectivity index (χ2n) is 3.50. The first kappa shape index (κ1) is 13.1. The van der Waals surface area contributed by atoms with Gasteiger partial charge in [-0.15, -0.1) is 0 Å². The number of hydrazine groups is 1. The summed E-state index contributed by atoms with van der Waals surface area (Å²) in [5, 5.41) is 0.595. The Morgan fingerprint density at radius 3 is 2.89 bits per heavy atom. The van der Waals surface area contributed by atoms with Crippen molar-refractivity contribution in [1.29, 1.82) is 0 Å². The maximum atomic E-state index is 5.92. The van der Waals surface area contributed by atoms with Crippen molar-refractivity contribution in [2.75, 3.05) is 5.43 Å². The van der Waals surface area contributed by atoms with Crippen LogP contribution in [-0.4, -0.2) is 9.97 Å². The highest BCUT2D eigenvalue weighted by atomic mass is 79.9. The van der Waals surface area contributed by atoms with Gasteiger partial charge < -0.3 is 10.2 Å². The molecule has 5 nitrogen and oxygen atoms in total. The van der Waals surface area contributed by atoms with Gasteiger partial charge in [0.25, 0.3) is 0 Å². The Kier molecular flexibility index (Phi) is 4.00. The largest absolute Gasteiger partial charge is 0.437 e. The van der Waals surface area contributed by atoms with Crippen molar-refractivity contribution in [2.45, 2.75) is 6.92 Å². The number of aryl methyl sites for hydroxylation is 1. The predicted octanol–water partition coefficient (Wildman–Crippen LogP) is 3.28. The van der Waals surface area contributed by atoms with Crippen molar-refractivity contribution < 1.29 is 4.74 Å². The molecule has 0 saturated heterocycles. The van der Waals surface area contributed by atoms with E-state index in [1.165, 1.54) is 6.33 Å². The molecule has 0 bridgehead atoms. The van der Waals surface area contributed by atoms with E-state index in [4.69, 9.17) is 22.2 Å². The maximum absolute atomic E-state index is 5.92. The fourth-order valence-electron chi connectivity index (χ4n) is 1.31. The summed E-state index contributed by atoms with van der Waals surface area (Å²) in [6, 6.07) is 5.39. The number of nitrogens with one attached hydrogen (secondary N) is 1. The van der Waals surface area contributed by atoms with Gasteiger partial charge in [0.2, 0.25) is 5.88 Å². The topological polar surface area (TPSA) is 73.1 Å². The molecule has 0 aliphatic rings. The van der Waals surface area contributed by atoms with E-state index in [9.17, 15) is 0 Å². The molecule has 2 aromatic rings. The first-order chi connectivity index (χ1) is 8.61. The Morgan fingerprint density at radius 1 is 1.39 bits per heavy atom. The van der Waals surface area contributed by atoms with Crippen LogP contribution in [0.4, 0.5) is 5.82 Å². The van der Waals surface area contributed by atoms with Crippen LogP contribution in [0.15, 0.2) is 29.0 Å². The van der Waals surface area contributed by atoms with Gasteiger partial charge in [-0.25, -0.2) is 15.8 Å². The molecule has 0 amide bonds. The lowest BCUT2D eigenvalue weighted by Crippen LogP contribution is -2.10. The number of hydrogen-bond donors (Lipinski definition) is 2. The number of ether oxygens (including phenoxy) is 1. The third-order valence-corrected chi connectivity index (χ3v) is 3.20. The molecule has 0 aliphatic heterocycles. The first-order valence-electron chi connectivity index (χ1n) is 5.03. The van der Waals surface area contributed by atoms with Crippen LogP contribution in [0.1, 0.15) is 5.56 Å². The number of nitrogen functional groups attached to an aromatic ring is 1. The fraction of sp³-hybridized carbons (Fsp3) is 0.0909. The van der Waals surface area contributed by atoms with Crippen molar-refractivity contribution in [1.82, 2.24) is 9.97 Å². The summed E-state index contributed by atoms with van der Waals surface area (Å²) >= 11 is 9.24. The molecule has 2 rings (SSSR count). The minimum atomic E-state index is 0.364. The third kappa shape index (κ3) is 2.72. The number of rotatable bonds is 3. The van der Waals surface area contributed by atoms with E-state index in [-0.39, 0.29) is 0 Å².